The zero-order chi connectivity index (χ0) is 13.2. The summed E-state index contributed by atoms with van der Waals surface area (Å²) in [6.07, 6.45) is 5.63. The Labute approximate surface area is 111 Å². The van der Waals surface area contributed by atoms with E-state index in [4.69, 9.17) is 0 Å². The number of Topliss-reactive ketones (excluding diaryl/α,β-unsaturated/α-hetero) is 1. The predicted molar refractivity (Wildman–Crippen MR) is 75.9 cm³/mol. The fourth-order valence-corrected chi connectivity index (χ4v) is 3.45. The molecule has 1 aliphatic carbocycles. The number of carbonyl (C=O) groups excluding carboxylic acids is 1. The van der Waals surface area contributed by atoms with Gasteiger partial charge >= 0.3 is 0 Å². The zero-order valence-corrected chi connectivity index (χ0v) is 11.8. The van der Waals surface area contributed by atoms with E-state index in [2.05, 4.69) is 26.8 Å². The molecule has 1 aromatic rings. The highest BCUT2D eigenvalue weighted by Crippen LogP contribution is 2.45. The van der Waals surface area contributed by atoms with Gasteiger partial charge in [0, 0.05) is 11.0 Å². The number of rotatable bonds is 4. The molecular formula is C17H24O. The molecule has 1 aromatic carbocycles. The molecule has 0 bridgehead atoms. The summed E-state index contributed by atoms with van der Waals surface area (Å²) < 4.78 is 0. The maximum Gasteiger partial charge on any atom is 0.169 e. The standard InChI is InChI=1S/C17H24O/c1-13(2)12-17(9-4-5-10-17)16(18)15-8-6-7-14(3)11-15/h6-8,11,13H,4-5,9-10,12H2,1-3H3. The molecule has 1 nitrogen and oxygen atoms in total. The molecule has 2 rings (SSSR count). The average molecular weight is 244 g/mol. The molecule has 1 aliphatic rings. The minimum absolute atomic E-state index is 0.0675. The molecule has 0 N–H and O–H groups in total. The van der Waals surface area contributed by atoms with Crippen molar-refractivity contribution in [3.05, 3.63) is 35.4 Å². The Morgan fingerprint density at radius 2 is 1.94 bits per heavy atom. The summed E-state index contributed by atoms with van der Waals surface area (Å²) in [5.74, 6) is 0.981. The van der Waals surface area contributed by atoms with Gasteiger partial charge in [-0.3, -0.25) is 4.79 Å². The third-order valence-corrected chi connectivity index (χ3v) is 4.12. The average Bonchev–Trinajstić information content (AvgIpc) is 2.77. The van der Waals surface area contributed by atoms with Gasteiger partial charge in [-0.1, -0.05) is 50.5 Å². The molecule has 1 fully saturated rings. The fourth-order valence-electron chi connectivity index (χ4n) is 3.45. The third kappa shape index (κ3) is 2.66. The molecule has 0 aromatic heterocycles. The molecule has 0 heterocycles. The molecule has 0 atom stereocenters. The predicted octanol–water partition coefficient (Wildman–Crippen LogP) is 4.78. The Balaban J connectivity index is 2.29. The highest BCUT2D eigenvalue weighted by atomic mass is 16.1. The highest BCUT2D eigenvalue weighted by molar-refractivity contribution is 6.00. The highest BCUT2D eigenvalue weighted by Gasteiger charge is 2.41. The van der Waals surface area contributed by atoms with Crippen molar-refractivity contribution in [1.82, 2.24) is 0 Å². The van der Waals surface area contributed by atoms with Gasteiger partial charge in [0.25, 0.3) is 0 Å². The first-order chi connectivity index (χ1) is 8.53. The van der Waals surface area contributed by atoms with Crippen molar-refractivity contribution in [3.8, 4) is 0 Å². The first-order valence-electron chi connectivity index (χ1n) is 7.15. The number of benzene rings is 1. The monoisotopic (exact) mass is 244 g/mol. The number of ketones is 1. The van der Waals surface area contributed by atoms with Gasteiger partial charge in [-0.15, -0.1) is 0 Å². The van der Waals surface area contributed by atoms with Crippen LogP contribution in [-0.2, 0) is 0 Å². The maximum atomic E-state index is 12.9. The summed E-state index contributed by atoms with van der Waals surface area (Å²) in [7, 11) is 0. The maximum absolute atomic E-state index is 12.9. The molecule has 0 aliphatic heterocycles. The van der Waals surface area contributed by atoms with E-state index in [0.717, 1.165) is 24.8 Å². The number of hydrogen-bond donors (Lipinski definition) is 0. The second-order valence-electron chi connectivity index (χ2n) is 6.28. The molecule has 0 radical (unpaired) electrons. The lowest BCUT2D eigenvalue weighted by Crippen LogP contribution is -2.30. The molecule has 0 saturated heterocycles. The van der Waals surface area contributed by atoms with Gasteiger partial charge in [0.05, 0.1) is 0 Å². The van der Waals surface area contributed by atoms with E-state index in [1.54, 1.807) is 0 Å². The van der Waals surface area contributed by atoms with Gasteiger partial charge in [0.1, 0.15) is 0 Å². The van der Waals surface area contributed by atoms with Crippen LogP contribution in [0.1, 0.15) is 61.9 Å². The van der Waals surface area contributed by atoms with Crippen LogP contribution in [0.3, 0.4) is 0 Å². The first-order valence-corrected chi connectivity index (χ1v) is 7.15. The number of carbonyl (C=O) groups is 1. The Bertz CT molecular complexity index is 425. The molecular weight excluding hydrogens is 220 g/mol. The largest absolute Gasteiger partial charge is 0.294 e. The summed E-state index contributed by atoms with van der Waals surface area (Å²) >= 11 is 0. The minimum Gasteiger partial charge on any atom is -0.294 e. The quantitative estimate of drug-likeness (QED) is 0.696. The van der Waals surface area contributed by atoms with Gasteiger partial charge < -0.3 is 0 Å². The second-order valence-corrected chi connectivity index (χ2v) is 6.28. The van der Waals surface area contributed by atoms with Crippen LogP contribution in [-0.4, -0.2) is 5.78 Å². The lowest BCUT2D eigenvalue weighted by Gasteiger charge is -2.29. The topological polar surface area (TPSA) is 17.1 Å². The van der Waals surface area contributed by atoms with Crippen molar-refractivity contribution in [2.24, 2.45) is 11.3 Å². The third-order valence-electron chi connectivity index (χ3n) is 4.12. The van der Waals surface area contributed by atoms with E-state index in [9.17, 15) is 4.79 Å². The Kier molecular flexibility index (Phi) is 3.89. The fraction of sp³-hybridized carbons (Fsp3) is 0.588. The molecule has 1 saturated carbocycles. The van der Waals surface area contributed by atoms with Crippen molar-refractivity contribution in [2.75, 3.05) is 0 Å². The minimum atomic E-state index is -0.0675. The van der Waals surface area contributed by atoms with Crippen LogP contribution in [0, 0.1) is 18.3 Å². The van der Waals surface area contributed by atoms with E-state index < -0.39 is 0 Å². The van der Waals surface area contributed by atoms with Crippen LogP contribution in [0.25, 0.3) is 0 Å². The zero-order valence-electron chi connectivity index (χ0n) is 11.8. The summed E-state index contributed by atoms with van der Waals surface area (Å²) in [5.41, 5.74) is 2.03. The van der Waals surface area contributed by atoms with E-state index in [0.29, 0.717) is 11.7 Å². The summed E-state index contributed by atoms with van der Waals surface area (Å²) in [5, 5.41) is 0. The molecule has 18 heavy (non-hydrogen) atoms. The Morgan fingerprint density at radius 3 is 2.50 bits per heavy atom. The van der Waals surface area contributed by atoms with Crippen LogP contribution >= 0.6 is 0 Å². The van der Waals surface area contributed by atoms with E-state index in [1.165, 1.54) is 18.4 Å². The molecule has 0 spiro atoms. The van der Waals surface area contributed by atoms with E-state index >= 15 is 0 Å². The molecule has 0 unspecified atom stereocenters. The van der Waals surface area contributed by atoms with E-state index in [-0.39, 0.29) is 5.41 Å². The van der Waals surface area contributed by atoms with Gasteiger partial charge in [-0.05, 0) is 38.2 Å². The van der Waals surface area contributed by atoms with Crippen LogP contribution in [0.15, 0.2) is 24.3 Å². The second kappa shape index (κ2) is 5.26. The van der Waals surface area contributed by atoms with Gasteiger partial charge in [0.2, 0.25) is 0 Å². The van der Waals surface area contributed by atoms with Crippen LogP contribution in [0.4, 0.5) is 0 Å². The summed E-state index contributed by atoms with van der Waals surface area (Å²) in [6, 6.07) is 8.08. The lowest BCUT2D eigenvalue weighted by atomic mass is 9.73. The Morgan fingerprint density at radius 1 is 1.28 bits per heavy atom. The van der Waals surface area contributed by atoms with Gasteiger partial charge in [-0.2, -0.15) is 0 Å². The van der Waals surface area contributed by atoms with Crippen LogP contribution < -0.4 is 0 Å². The normalized spacial score (nSPS) is 18.2. The van der Waals surface area contributed by atoms with Crippen molar-refractivity contribution in [1.29, 1.82) is 0 Å². The smallest absolute Gasteiger partial charge is 0.169 e. The first kappa shape index (κ1) is 13.3. The SMILES string of the molecule is Cc1cccc(C(=O)C2(CC(C)C)CCCC2)c1. The van der Waals surface area contributed by atoms with Crippen LogP contribution in [0.5, 0.6) is 0 Å². The molecule has 0 amide bonds. The van der Waals surface area contributed by atoms with Crippen LogP contribution in [0.2, 0.25) is 0 Å². The van der Waals surface area contributed by atoms with Crippen molar-refractivity contribution >= 4 is 5.78 Å². The molecule has 98 valence electrons. The number of aryl methyl sites for hydroxylation is 1. The van der Waals surface area contributed by atoms with Gasteiger partial charge in [0.15, 0.2) is 5.78 Å². The Hall–Kier alpha value is -1.11. The lowest BCUT2D eigenvalue weighted by molar-refractivity contribution is 0.0760. The molecule has 1 heteroatoms. The number of hydrogen-bond acceptors (Lipinski definition) is 1. The van der Waals surface area contributed by atoms with Crippen molar-refractivity contribution in [3.63, 3.8) is 0 Å². The summed E-state index contributed by atoms with van der Waals surface area (Å²) in [6.45, 7) is 6.51. The van der Waals surface area contributed by atoms with Crippen molar-refractivity contribution < 1.29 is 4.79 Å². The van der Waals surface area contributed by atoms with Crippen molar-refractivity contribution in [2.45, 2.75) is 52.9 Å². The summed E-state index contributed by atoms with van der Waals surface area (Å²) in [4.78, 5) is 12.9. The van der Waals surface area contributed by atoms with Gasteiger partial charge in [-0.25, -0.2) is 0 Å². The van der Waals surface area contributed by atoms with E-state index in [1.807, 2.05) is 18.2 Å².